The first kappa shape index (κ1) is 14.6. The van der Waals surface area contributed by atoms with Crippen molar-refractivity contribution in [2.45, 2.75) is 11.7 Å². The van der Waals surface area contributed by atoms with Gasteiger partial charge in [-0.05, 0) is 12.3 Å². The standard InChI is InChI=1S/C15H17N5OS/c1-20-14-11(9-17-20)13(18-15(19-14)22-3)16-8-10-6-4-5-7-12(10)21-2/h4-7,9H,8H2,1-3H3,(H,16,18,19). The van der Waals surface area contributed by atoms with E-state index in [1.165, 1.54) is 11.8 Å². The van der Waals surface area contributed by atoms with Gasteiger partial charge < -0.3 is 10.1 Å². The van der Waals surface area contributed by atoms with Crippen molar-refractivity contribution in [3.05, 3.63) is 36.0 Å². The number of fused-ring (bicyclic) bond motifs is 1. The third-order valence-electron chi connectivity index (χ3n) is 3.39. The molecule has 0 saturated heterocycles. The minimum Gasteiger partial charge on any atom is -0.496 e. The Hall–Kier alpha value is -2.28. The molecule has 6 nitrogen and oxygen atoms in total. The van der Waals surface area contributed by atoms with Crippen molar-refractivity contribution in [1.29, 1.82) is 0 Å². The number of aryl methyl sites for hydroxylation is 1. The number of hydrogen-bond donors (Lipinski definition) is 1. The normalized spacial score (nSPS) is 10.9. The molecular weight excluding hydrogens is 298 g/mol. The summed E-state index contributed by atoms with van der Waals surface area (Å²) in [5, 5.41) is 9.26. The fourth-order valence-electron chi connectivity index (χ4n) is 2.26. The van der Waals surface area contributed by atoms with Gasteiger partial charge in [-0.1, -0.05) is 30.0 Å². The molecule has 1 N–H and O–H groups in total. The van der Waals surface area contributed by atoms with E-state index in [1.54, 1.807) is 18.0 Å². The molecule has 3 aromatic rings. The summed E-state index contributed by atoms with van der Waals surface area (Å²) in [7, 11) is 3.55. The van der Waals surface area contributed by atoms with E-state index in [0.29, 0.717) is 6.54 Å². The number of nitrogens with zero attached hydrogens (tertiary/aromatic N) is 4. The van der Waals surface area contributed by atoms with Gasteiger partial charge in [0.2, 0.25) is 0 Å². The van der Waals surface area contributed by atoms with Gasteiger partial charge in [0.1, 0.15) is 11.6 Å². The lowest BCUT2D eigenvalue weighted by atomic mass is 10.2. The number of nitrogens with one attached hydrogen (secondary N) is 1. The van der Waals surface area contributed by atoms with E-state index in [-0.39, 0.29) is 0 Å². The van der Waals surface area contributed by atoms with Gasteiger partial charge in [0.05, 0.1) is 18.7 Å². The smallest absolute Gasteiger partial charge is 0.191 e. The van der Waals surface area contributed by atoms with Crippen LogP contribution in [0.2, 0.25) is 0 Å². The largest absolute Gasteiger partial charge is 0.496 e. The molecule has 0 aliphatic carbocycles. The van der Waals surface area contributed by atoms with E-state index in [4.69, 9.17) is 4.74 Å². The first-order valence-corrected chi connectivity index (χ1v) is 8.05. The molecule has 0 atom stereocenters. The average molecular weight is 315 g/mol. The van der Waals surface area contributed by atoms with Gasteiger partial charge in [-0.15, -0.1) is 0 Å². The highest BCUT2D eigenvalue weighted by Crippen LogP contribution is 2.24. The van der Waals surface area contributed by atoms with Gasteiger partial charge in [0, 0.05) is 19.2 Å². The first-order chi connectivity index (χ1) is 10.7. The number of anilines is 1. The van der Waals surface area contributed by atoms with Crippen LogP contribution in [0, 0.1) is 0 Å². The molecule has 2 aromatic heterocycles. The Bertz CT molecular complexity index is 802. The van der Waals surface area contributed by atoms with E-state index in [1.807, 2.05) is 37.6 Å². The molecule has 0 bridgehead atoms. The monoisotopic (exact) mass is 315 g/mol. The van der Waals surface area contributed by atoms with Crippen LogP contribution in [-0.2, 0) is 13.6 Å². The fourth-order valence-corrected chi connectivity index (χ4v) is 2.62. The van der Waals surface area contributed by atoms with Gasteiger partial charge in [0.15, 0.2) is 10.8 Å². The molecule has 0 unspecified atom stereocenters. The van der Waals surface area contributed by atoms with Crippen molar-refractivity contribution in [3.63, 3.8) is 0 Å². The molecule has 0 aliphatic heterocycles. The second-order valence-electron chi connectivity index (χ2n) is 4.73. The summed E-state index contributed by atoms with van der Waals surface area (Å²) < 4.78 is 7.13. The van der Waals surface area contributed by atoms with Gasteiger partial charge in [-0.25, -0.2) is 9.97 Å². The van der Waals surface area contributed by atoms with Crippen molar-refractivity contribution >= 4 is 28.6 Å². The Morgan fingerprint density at radius 1 is 1.27 bits per heavy atom. The summed E-state index contributed by atoms with van der Waals surface area (Å²) in [5.74, 6) is 1.64. The van der Waals surface area contributed by atoms with Crippen molar-refractivity contribution in [2.24, 2.45) is 7.05 Å². The topological polar surface area (TPSA) is 64.9 Å². The molecule has 0 spiro atoms. The second kappa shape index (κ2) is 6.23. The highest BCUT2D eigenvalue weighted by molar-refractivity contribution is 7.98. The second-order valence-corrected chi connectivity index (χ2v) is 5.50. The van der Waals surface area contributed by atoms with E-state index in [0.717, 1.165) is 33.3 Å². The van der Waals surface area contributed by atoms with Crippen LogP contribution in [0.3, 0.4) is 0 Å². The van der Waals surface area contributed by atoms with Crippen LogP contribution in [0.25, 0.3) is 11.0 Å². The maximum absolute atomic E-state index is 5.38. The van der Waals surface area contributed by atoms with Gasteiger partial charge in [-0.3, -0.25) is 4.68 Å². The quantitative estimate of drug-likeness (QED) is 0.577. The third-order valence-corrected chi connectivity index (χ3v) is 3.94. The van der Waals surface area contributed by atoms with E-state index >= 15 is 0 Å². The Morgan fingerprint density at radius 3 is 2.86 bits per heavy atom. The SMILES string of the molecule is COc1ccccc1CNc1nc(SC)nc2c1cnn2C. The molecule has 0 amide bonds. The molecule has 0 saturated carbocycles. The minimum absolute atomic E-state index is 0.624. The lowest BCUT2D eigenvalue weighted by molar-refractivity contribution is 0.410. The molecular formula is C15H17N5OS. The Kier molecular flexibility index (Phi) is 4.15. The molecule has 7 heteroatoms. The Balaban J connectivity index is 1.93. The number of methoxy groups -OCH3 is 1. The summed E-state index contributed by atoms with van der Waals surface area (Å²) >= 11 is 1.51. The number of hydrogen-bond acceptors (Lipinski definition) is 6. The zero-order valence-corrected chi connectivity index (χ0v) is 13.5. The van der Waals surface area contributed by atoms with E-state index in [2.05, 4.69) is 20.4 Å². The lowest BCUT2D eigenvalue weighted by Crippen LogP contribution is -2.05. The van der Waals surface area contributed by atoms with Crippen molar-refractivity contribution in [1.82, 2.24) is 19.7 Å². The van der Waals surface area contributed by atoms with Crippen LogP contribution in [0.5, 0.6) is 5.75 Å². The molecule has 22 heavy (non-hydrogen) atoms. The Labute approximate surface area is 132 Å². The van der Waals surface area contributed by atoms with Gasteiger partial charge >= 0.3 is 0 Å². The van der Waals surface area contributed by atoms with Crippen LogP contribution >= 0.6 is 11.8 Å². The molecule has 0 radical (unpaired) electrons. The first-order valence-electron chi connectivity index (χ1n) is 6.82. The number of ether oxygens (including phenoxy) is 1. The summed E-state index contributed by atoms with van der Waals surface area (Å²) in [6.45, 7) is 0.624. The van der Waals surface area contributed by atoms with Crippen LogP contribution in [-0.4, -0.2) is 33.1 Å². The summed E-state index contributed by atoms with van der Waals surface area (Å²) in [6.07, 6.45) is 3.74. The van der Waals surface area contributed by atoms with E-state index < -0.39 is 0 Å². The Morgan fingerprint density at radius 2 is 2.09 bits per heavy atom. The maximum Gasteiger partial charge on any atom is 0.191 e. The fraction of sp³-hybridized carbons (Fsp3) is 0.267. The van der Waals surface area contributed by atoms with Crippen molar-refractivity contribution < 1.29 is 4.74 Å². The van der Waals surface area contributed by atoms with Crippen molar-refractivity contribution in [3.8, 4) is 5.75 Å². The van der Waals surface area contributed by atoms with Crippen LogP contribution < -0.4 is 10.1 Å². The third kappa shape index (κ3) is 2.71. The highest BCUT2D eigenvalue weighted by atomic mass is 32.2. The van der Waals surface area contributed by atoms with Crippen LogP contribution in [0.1, 0.15) is 5.56 Å². The predicted molar refractivity (Wildman–Crippen MR) is 88.4 cm³/mol. The average Bonchev–Trinajstić information content (AvgIpc) is 2.94. The molecule has 114 valence electrons. The lowest BCUT2D eigenvalue weighted by Gasteiger charge is -2.11. The molecule has 3 rings (SSSR count). The zero-order chi connectivity index (χ0) is 15.5. The highest BCUT2D eigenvalue weighted by Gasteiger charge is 2.11. The number of aromatic nitrogens is 4. The molecule has 0 fully saturated rings. The number of rotatable bonds is 5. The van der Waals surface area contributed by atoms with Crippen LogP contribution in [0.4, 0.5) is 5.82 Å². The number of thioether (sulfide) groups is 1. The summed E-state index contributed by atoms with van der Waals surface area (Å²) in [6, 6.07) is 7.93. The summed E-state index contributed by atoms with van der Waals surface area (Å²) in [5.41, 5.74) is 1.90. The molecule has 2 heterocycles. The van der Waals surface area contributed by atoms with E-state index in [9.17, 15) is 0 Å². The minimum atomic E-state index is 0.624. The zero-order valence-electron chi connectivity index (χ0n) is 12.7. The molecule has 0 aliphatic rings. The van der Waals surface area contributed by atoms with Gasteiger partial charge in [-0.2, -0.15) is 5.10 Å². The van der Waals surface area contributed by atoms with Crippen molar-refractivity contribution in [2.75, 3.05) is 18.7 Å². The van der Waals surface area contributed by atoms with Crippen LogP contribution in [0.15, 0.2) is 35.6 Å². The maximum atomic E-state index is 5.38. The predicted octanol–water partition coefficient (Wildman–Crippen LogP) is 2.71. The number of benzene rings is 1. The number of para-hydroxylation sites is 1. The van der Waals surface area contributed by atoms with Gasteiger partial charge in [0.25, 0.3) is 0 Å². The summed E-state index contributed by atoms with van der Waals surface area (Å²) in [4.78, 5) is 9.04. The molecule has 1 aromatic carbocycles.